The zero-order valence-corrected chi connectivity index (χ0v) is 16.5. The molecule has 0 radical (unpaired) electrons. The van der Waals surface area contributed by atoms with Crippen molar-refractivity contribution in [1.29, 1.82) is 0 Å². The highest BCUT2D eigenvalue weighted by Crippen LogP contribution is 2.39. The predicted octanol–water partition coefficient (Wildman–Crippen LogP) is 1.61. The van der Waals surface area contributed by atoms with Gasteiger partial charge in [0.05, 0.1) is 0 Å². The van der Waals surface area contributed by atoms with Crippen molar-refractivity contribution in [2.75, 3.05) is 27.8 Å². The average molecular weight is 360 g/mol. The molecule has 3 atom stereocenters. The van der Waals surface area contributed by atoms with Crippen LogP contribution in [0.4, 0.5) is 0 Å². The van der Waals surface area contributed by atoms with Crippen LogP contribution in [-0.2, 0) is 28.2 Å². The zero-order valence-electron chi connectivity index (χ0n) is 15.5. The van der Waals surface area contributed by atoms with Gasteiger partial charge in [-0.05, 0) is 18.1 Å². The Morgan fingerprint density at radius 1 is 1.08 bits per heavy atom. The third-order valence-electron chi connectivity index (χ3n) is 4.46. The molecule has 1 fully saturated rings. The van der Waals surface area contributed by atoms with Gasteiger partial charge in [0.15, 0.2) is 20.5 Å². The molecule has 138 valence electrons. The summed E-state index contributed by atoms with van der Waals surface area (Å²) < 4.78 is 27.1. The average Bonchev–Trinajstić information content (AvgIpc) is 2.72. The van der Waals surface area contributed by atoms with Crippen LogP contribution in [0.5, 0.6) is 0 Å². The Morgan fingerprint density at radius 3 is 2.08 bits per heavy atom. The van der Waals surface area contributed by atoms with Crippen molar-refractivity contribution in [3.05, 3.63) is 5.53 Å². The van der Waals surface area contributed by atoms with Crippen LogP contribution in [0.3, 0.4) is 0 Å². The highest BCUT2D eigenvalue weighted by molar-refractivity contribution is 6.74. The third kappa shape index (κ3) is 4.57. The van der Waals surface area contributed by atoms with Crippen LogP contribution in [0.15, 0.2) is 0 Å². The number of hydrogen-bond acceptors (Lipinski definition) is 6. The van der Waals surface area contributed by atoms with Crippen LogP contribution < -0.4 is 0 Å². The van der Waals surface area contributed by atoms with Gasteiger partial charge in [-0.3, -0.25) is 4.79 Å². The molecule has 0 N–H and O–H groups in total. The lowest BCUT2D eigenvalue weighted by atomic mass is 10.2. The molecule has 0 spiro atoms. The van der Waals surface area contributed by atoms with E-state index in [0.717, 1.165) is 0 Å². The van der Waals surface area contributed by atoms with Gasteiger partial charge in [-0.15, -0.1) is 0 Å². The lowest BCUT2D eigenvalue weighted by molar-refractivity contribution is -0.169. The first kappa shape index (κ1) is 21.1. The summed E-state index contributed by atoms with van der Waals surface area (Å²) in [5.41, 5.74) is 9.23. The van der Waals surface area contributed by atoms with Gasteiger partial charge in [-0.2, -0.15) is 4.79 Å². The first-order chi connectivity index (χ1) is 11.1. The van der Waals surface area contributed by atoms with E-state index in [0.29, 0.717) is 0 Å². The molecule has 0 unspecified atom stereocenters. The smallest absolute Gasteiger partial charge is 0.367 e. The van der Waals surface area contributed by atoms with Gasteiger partial charge in [0.2, 0.25) is 0 Å². The van der Waals surface area contributed by atoms with E-state index in [1.54, 1.807) is 0 Å². The lowest BCUT2D eigenvalue weighted by Gasteiger charge is -2.38. The fourth-order valence-corrected chi connectivity index (χ4v) is 3.34. The molecule has 1 aliphatic rings. The maximum absolute atomic E-state index is 12.5. The largest absolute Gasteiger partial charge is 0.401 e. The maximum atomic E-state index is 12.5. The fraction of sp³-hybridized carbons (Fsp3) is 0.867. The zero-order chi connectivity index (χ0) is 18.5. The van der Waals surface area contributed by atoms with Crippen molar-refractivity contribution in [3.8, 4) is 0 Å². The topological polar surface area (TPSA) is 99.6 Å². The van der Waals surface area contributed by atoms with Crippen LogP contribution in [-0.4, -0.2) is 70.7 Å². The maximum Gasteiger partial charge on any atom is 0.367 e. The minimum Gasteiger partial charge on any atom is -0.401 e. The second-order valence-electron chi connectivity index (χ2n) is 7.18. The van der Waals surface area contributed by atoms with Gasteiger partial charge in [0, 0.05) is 14.2 Å². The van der Waals surface area contributed by atoms with Gasteiger partial charge < -0.3 is 28.9 Å². The van der Waals surface area contributed by atoms with Crippen molar-refractivity contribution < 1.29 is 33.0 Å². The highest BCUT2D eigenvalue weighted by Gasteiger charge is 2.58. The van der Waals surface area contributed by atoms with Crippen molar-refractivity contribution in [3.63, 3.8) is 0 Å². The summed E-state index contributed by atoms with van der Waals surface area (Å²) in [5.74, 6) is -0.473. The first-order valence-corrected chi connectivity index (χ1v) is 10.7. The van der Waals surface area contributed by atoms with E-state index in [1.165, 1.54) is 14.2 Å². The predicted molar refractivity (Wildman–Crippen MR) is 89.2 cm³/mol. The highest BCUT2D eigenvalue weighted by atomic mass is 28.4. The van der Waals surface area contributed by atoms with E-state index in [-0.39, 0.29) is 24.3 Å². The number of rotatable bonds is 8. The minimum atomic E-state index is -2.25. The van der Waals surface area contributed by atoms with E-state index in [4.69, 9.17) is 23.4 Å². The summed E-state index contributed by atoms with van der Waals surface area (Å²) in [5, 5.41) is -0.0894. The van der Waals surface area contributed by atoms with E-state index in [9.17, 15) is 10.3 Å². The standard InChI is InChI=1S/C15H28N2O6Si/c1-15(2,3)24(6,7)23-12-10(17-16)11(18)13(21-8-19-4)14(12)22-9-20-5/h12-14H,8-9H2,1-7H3/t12-,13+,14+/m1/s1. The number of ketones is 1. The van der Waals surface area contributed by atoms with Crippen molar-refractivity contribution >= 4 is 19.8 Å². The Morgan fingerprint density at radius 2 is 1.62 bits per heavy atom. The normalized spacial score (nSPS) is 25.2. The van der Waals surface area contributed by atoms with Gasteiger partial charge in [0.25, 0.3) is 5.78 Å². The first-order valence-electron chi connectivity index (χ1n) is 7.75. The summed E-state index contributed by atoms with van der Waals surface area (Å²) in [6, 6.07) is 0. The second-order valence-corrected chi connectivity index (χ2v) is 11.9. The van der Waals surface area contributed by atoms with Gasteiger partial charge in [-0.25, -0.2) is 0 Å². The third-order valence-corrected chi connectivity index (χ3v) is 8.91. The molecule has 8 nitrogen and oxygen atoms in total. The Kier molecular flexibility index (Phi) is 7.42. The molecule has 0 aromatic carbocycles. The molecule has 0 aromatic heterocycles. The fourth-order valence-electron chi connectivity index (χ4n) is 2.11. The lowest BCUT2D eigenvalue weighted by Crippen LogP contribution is -2.49. The number of methoxy groups -OCH3 is 2. The molecule has 0 aliphatic heterocycles. The molecule has 1 rings (SSSR count). The number of carbonyl (C=O) groups excluding carboxylic acids is 1. The van der Waals surface area contributed by atoms with Gasteiger partial charge >= 0.3 is 5.71 Å². The monoisotopic (exact) mass is 360 g/mol. The minimum absolute atomic E-state index is 0.0408. The molecular formula is C15H28N2O6Si. The molecular weight excluding hydrogens is 332 g/mol. The molecule has 9 heteroatoms. The number of nitrogens with zero attached hydrogens (tertiary/aromatic N) is 2. The van der Waals surface area contributed by atoms with Gasteiger partial charge in [0.1, 0.15) is 19.7 Å². The van der Waals surface area contributed by atoms with Crippen LogP contribution in [0.1, 0.15) is 20.8 Å². The summed E-state index contributed by atoms with van der Waals surface area (Å²) in [6.07, 6.45) is -2.56. The van der Waals surface area contributed by atoms with Crippen molar-refractivity contribution in [2.45, 2.75) is 57.2 Å². The van der Waals surface area contributed by atoms with Crippen LogP contribution >= 0.6 is 0 Å². The summed E-state index contributed by atoms with van der Waals surface area (Å²) >= 11 is 0. The van der Waals surface area contributed by atoms with E-state index in [2.05, 4.69) is 25.6 Å². The van der Waals surface area contributed by atoms with E-state index >= 15 is 0 Å². The van der Waals surface area contributed by atoms with Gasteiger partial charge in [-0.1, -0.05) is 20.8 Å². The van der Waals surface area contributed by atoms with Crippen molar-refractivity contribution in [1.82, 2.24) is 0 Å². The van der Waals surface area contributed by atoms with Crippen molar-refractivity contribution in [2.24, 2.45) is 0 Å². The summed E-state index contributed by atoms with van der Waals surface area (Å²) in [4.78, 5) is 15.7. The number of ether oxygens (including phenoxy) is 4. The molecule has 0 heterocycles. The molecule has 0 amide bonds. The number of hydrogen-bond donors (Lipinski definition) is 0. The summed E-state index contributed by atoms with van der Waals surface area (Å²) in [7, 11) is 0.681. The molecule has 1 aliphatic carbocycles. The second kappa shape index (κ2) is 8.44. The molecule has 0 saturated heterocycles. The van der Waals surface area contributed by atoms with E-state index < -0.39 is 32.4 Å². The summed E-state index contributed by atoms with van der Waals surface area (Å²) in [6.45, 7) is 10.2. The van der Waals surface area contributed by atoms with Crippen LogP contribution in [0, 0.1) is 0 Å². The van der Waals surface area contributed by atoms with Crippen LogP contribution in [0.2, 0.25) is 18.1 Å². The van der Waals surface area contributed by atoms with E-state index in [1.807, 2.05) is 13.1 Å². The quantitative estimate of drug-likeness (QED) is 0.282. The Bertz CT molecular complexity index is 499. The van der Waals surface area contributed by atoms with Crippen LogP contribution in [0.25, 0.3) is 5.53 Å². The Hall–Kier alpha value is -0.933. The molecule has 24 heavy (non-hydrogen) atoms. The molecule has 0 aromatic rings. The SMILES string of the molecule is COCO[C@H]1[C@H](O[Si](C)(C)C(C)(C)C)C(=[N+]=[N-])C(=O)[C@@H]1OCOC. The molecule has 1 saturated carbocycles. The Balaban J connectivity index is 3.15. The number of Topliss-reactive ketones (excluding diaryl/α,β-unsaturated/α-hetero) is 1. The molecule has 0 bridgehead atoms. The Labute approximate surface area is 144 Å². The number of carbonyl (C=O) groups is 1.